The largest absolute Gasteiger partial charge is 0.494 e. The summed E-state index contributed by atoms with van der Waals surface area (Å²) in [6.07, 6.45) is 0.932. The van der Waals surface area contributed by atoms with Gasteiger partial charge in [0.15, 0.2) is 11.5 Å². The van der Waals surface area contributed by atoms with Gasteiger partial charge in [-0.1, -0.05) is 6.92 Å². The summed E-state index contributed by atoms with van der Waals surface area (Å²) in [5, 5.41) is 8.77. The van der Waals surface area contributed by atoms with Crippen molar-refractivity contribution in [3.05, 3.63) is 23.2 Å². The molecule has 1 rings (SSSR count). The van der Waals surface area contributed by atoms with E-state index in [1.165, 1.54) is 0 Å². The van der Waals surface area contributed by atoms with E-state index in [4.69, 9.17) is 19.3 Å². The molecule has 0 saturated heterocycles. The smallest absolute Gasteiger partial charge is 0.303 e. The second kappa shape index (κ2) is 9.35. The van der Waals surface area contributed by atoms with Crippen LogP contribution in [0.15, 0.2) is 23.2 Å². The molecule has 23 heavy (non-hydrogen) atoms. The summed E-state index contributed by atoms with van der Waals surface area (Å²) in [7, 11) is 0. The van der Waals surface area contributed by atoms with Crippen molar-refractivity contribution in [2.75, 3.05) is 19.8 Å². The maximum absolute atomic E-state index is 12.4. The van der Waals surface area contributed by atoms with Crippen LogP contribution in [0.4, 0.5) is 0 Å². The molecule has 0 aromatic heterocycles. The highest BCUT2D eigenvalue weighted by atomic mass is 16.5. The Morgan fingerprint density at radius 3 is 2.26 bits per heavy atom. The monoisotopic (exact) mass is 326 g/mol. The van der Waals surface area contributed by atoms with Gasteiger partial charge in [-0.2, -0.15) is 0 Å². The summed E-state index contributed by atoms with van der Waals surface area (Å²) >= 11 is 0. The molecule has 0 spiro atoms. The number of ether oxygens (including phenoxy) is 3. The second-order valence-corrected chi connectivity index (χ2v) is 5.18. The second-order valence-electron chi connectivity index (χ2n) is 5.18. The van der Waals surface area contributed by atoms with Crippen molar-refractivity contribution in [3.63, 3.8) is 0 Å². The number of carbonyl (C=O) groups excluding carboxylic acids is 1. The maximum Gasteiger partial charge on any atom is 0.303 e. The quantitative estimate of drug-likeness (QED) is 0.664. The Morgan fingerprint density at radius 1 is 1.09 bits per heavy atom. The Kier molecular flexibility index (Phi) is 7.81. The SMILES string of the molecule is CCOC1=C(OCC)C(C)C(OCC)C(C(=O)CCC(=O)O)=C1. The molecule has 0 aliphatic heterocycles. The molecule has 1 aliphatic rings. The number of rotatable bonds is 10. The lowest BCUT2D eigenvalue weighted by Crippen LogP contribution is -2.34. The number of carbonyl (C=O) groups is 2. The van der Waals surface area contributed by atoms with Gasteiger partial charge in [0, 0.05) is 24.5 Å². The number of carboxylic acids is 1. The molecule has 130 valence electrons. The van der Waals surface area contributed by atoms with Crippen LogP contribution in [-0.2, 0) is 23.8 Å². The van der Waals surface area contributed by atoms with Gasteiger partial charge in [-0.3, -0.25) is 9.59 Å². The van der Waals surface area contributed by atoms with Crippen molar-refractivity contribution in [1.29, 1.82) is 0 Å². The fourth-order valence-electron chi connectivity index (χ4n) is 2.57. The van der Waals surface area contributed by atoms with Crippen LogP contribution in [0.2, 0.25) is 0 Å². The molecule has 6 nitrogen and oxygen atoms in total. The number of aliphatic carboxylic acids is 1. The van der Waals surface area contributed by atoms with E-state index in [1.807, 2.05) is 27.7 Å². The first-order valence-electron chi connectivity index (χ1n) is 8.04. The van der Waals surface area contributed by atoms with Gasteiger partial charge in [0.05, 0.1) is 25.7 Å². The van der Waals surface area contributed by atoms with E-state index in [-0.39, 0.29) is 24.5 Å². The zero-order valence-electron chi connectivity index (χ0n) is 14.3. The predicted octanol–water partition coefficient (Wildman–Crippen LogP) is 2.69. The number of carboxylic acid groups (broad SMARTS) is 1. The van der Waals surface area contributed by atoms with Crippen LogP contribution < -0.4 is 0 Å². The van der Waals surface area contributed by atoms with E-state index in [1.54, 1.807) is 6.08 Å². The van der Waals surface area contributed by atoms with Crippen molar-refractivity contribution in [3.8, 4) is 0 Å². The average Bonchev–Trinajstić information content (AvgIpc) is 2.51. The molecule has 0 amide bonds. The van der Waals surface area contributed by atoms with Crippen LogP contribution >= 0.6 is 0 Å². The molecular formula is C17H26O6. The van der Waals surface area contributed by atoms with Gasteiger partial charge in [-0.25, -0.2) is 0 Å². The molecule has 6 heteroatoms. The lowest BCUT2D eigenvalue weighted by atomic mass is 9.86. The van der Waals surface area contributed by atoms with E-state index in [0.29, 0.717) is 36.9 Å². The maximum atomic E-state index is 12.4. The topological polar surface area (TPSA) is 82.1 Å². The first-order valence-corrected chi connectivity index (χ1v) is 8.04. The number of allylic oxidation sites excluding steroid dienone is 1. The van der Waals surface area contributed by atoms with Crippen LogP contribution in [0.3, 0.4) is 0 Å². The van der Waals surface area contributed by atoms with Crippen LogP contribution in [0.1, 0.15) is 40.5 Å². The fraction of sp³-hybridized carbons (Fsp3) is 0.647. The van der Waals surface area contributed by atoms with Gasteiger partial charge >= 0.3 is 5.97 Å². The summed E-state index contributed by atoms with van der Waals surface area (Å²) < 4.78 is 17.0. The Hall–Kier alpha value is -1.82. The Bertz CT molecular complexity index is 491. The third-order valence-corrected chi connectivity index (χ3v) is 3.54. The third-order valence-electron chi connectivity index (χ3n) is 3.54. The summed E-state index contributed by atoms with van der Waals surface area (Å²) in [5.74, 6) is -0.207. The predicted molar refractivity (Wildman–Crippen MR) is 84.8 cm³/mol. The van der Waals surface area contributed by atoms with E-state index >= 15 is 0 Å². The highest BCUT2D eigenvalue weighted by Crippen LogP contribution is 2.34. The normalized spacial score (nSPS) is 21.0. The molecule has 1 N–H and O–H groups in total. The zero-order valence-corrected chi connectivity index (χ0v) is 14.3. The fourth-order valence-corrected chi connectivity index (χ4v) is 2.57. The lowest BCUT2D eigenvalue weighted by molar-refractivity contribution is -0.138. The van der Waals surface area contributed by atoms with Gasteiger partial charge in [-0.05, 0) is 26.8 Å². The van der Waals surface area contributed by atoms with Gasteiger partial charge < -0.3 is 19.3 Å². The van der Waals surface area contributed by atoms with Crippen molar-refractivity contribution in [2.45, 2.75) is 46.6 Å². The third kappa shape index (κ3) is 5.10. The molecule has 2 unspecified atom stereocenters. The lowest BCUT2D eigenvalue weighted by Gasteiger charge is -2.32. The zero-order chi connectivity index (χ0) is 17.4. The average molecular weight is 326 g/mol. The number of hydrogen-bond acceptors (Lipinski definition) is 5. The Morgan fingerprint density at radius 2 is 1.74 bits per heavy atom. The highest BCUT2D eigenvalue weighted by molar-refractivity contribution is 5.98. The molecule has 0 heterocycles. The van der Waals surface area contributed by atoms with E-state index < -0.39 is 12.1 Å². The summed E-state index contributed by atoms with van der Waals surface area (Å²) in [4.78, 5) is 23.1. The first kappa shape index (κ1) is 19.2. The molecule has 0 fully saturated rings. The van der Waals surface area contributed by atoms with Crippen LogP contribution in [0.5, 0.6) is 0 Å². The van der Waals surface area contributed by atoms with E-state index in [9.17, 15) is 9.59 Å². The Balaban J connectivity index is 3.16. The van der Waals surface area contributed by atoms with E-state index in [2.05, 4.69) is 0 Å². The minimum atomic E-state index is -0.994. The van der Waals surface area contributed by atoms with Crippen LogP contribution in [0.25, 0.3) is 0 Å². The van der Waals surface area contributed by atoms with Crippen LogP contribution in [-0.4, -0.2) is 42.8 Å². The van der Waals surface area contributed by atoms with Crippen molar-refractivity contribution < 1.29 is 28.9 Å². The molecule has 0 saturated carbocycles. The summed E-state index contributed by atoms with van der Waals surface area (Å²) in [5.41, 5.74) is 0.451. The molecule has 0 radical (unpaired) electrons. The van der Waals surface area contributed by atoms with Crippen molar-refractivity contribution >= 4 is 11.8 Å². The molecule has 2 atom stereocenters. The minimum absolute atomic E-state index is 0.0547. The first-order chi connectivity index (χ1) is 11.0. The summed E-state index contributed by atoms with van der Waals surface area (Å²) in [6, 6.07) is 0. The van der Waals surface area contributed by atoms with Crippen molar-refractivity contribution in [2.24, 2.45) is 5.92 Å². The molecular weight excluding hydrogens is 300 g/mol. The van der Waals surface area contributed by atoms with Gasteiger partial charge in [0.1, 0.15) is 5.76 Å². The Labute approximate surface area is 137 Å². The molecule has 0 bridgehead atoms. The van der Waals surface area contributed by atoms with Gasteiger partial charge in [-0.15, -0.1) is 0 Å². The summed E-state index contributed by atoms with van der Waals surface area (Å²) in [6.45, 7) is 8.90. The minimum Gasteiger partial charge on any atom is -0.494 e. The molecule has 1 aliphatic carbocycles. The molecule has 0 aromatic rings. The standard InChI is InChI=1S/C17H26O6/c1-5-21-14-10-12(13(18)8-9-15(19)20)16(22-6-2)11(4)17(14)23-7-3/h10-11,16H,5-9H2,1-4H3,(H,19,20). The van der Waals surface area contributed by atoms with E-state index in [0.717, 1.165) is 0 Å². The van der Waals surface area contributed by atoms with Crippen LogP contribution in [0, 0.1) is 5.92 Å². The van der Waals surface area contributed by atoms with Gasteiger partial charge in [0.25, 0.3) is 0 Å². The van der Waals surface area contributed by atoms with Crippen molar-refractivity contribution in [1.82, 2.24) is 0 Å². The number of ketones is 1. The molecule has 0 aromatic carbocycles. The van der Waals surface area contributed by atoms with Gasteiger partial charge in [0.2, 0.25) is 0 Å². The highest BCUT2D eigenvalue weighted by Gasteiger charge is 2.36. The number of Topliss-reactive ketones (excluding diaryl/α,β-unsaturated/α-hetero) is 1. The number of hydrogen-bond donors (Lipinski definition) is 1.